The van der Waals surface area contributed by atoms with E-state index in [4.69, 9.17) is 0 Å². The van der Waals surface area contributed by atoms with Crippen molar-refractivity contribution >= 4 is 5.97 Å². The van der Waals surface area contributed by atoms with Gasteiger partial charge < -0.3 is 15.1 Å². The molecule has 2 N–H and O–H groups in total. The molecule has 0 amide bonds. The van der Waals surface area contributed by atoms with Crippen molar-refractivity contribution in [2.75, 3.05) is 20.1 Å². The number of likely N-dealkylation sites (tertiary alicyclic amines) is 1. The molecule has 0 radical (unpaired) electrons. The average Bonchev–Trinajstić information content (AvgIpc) is 2.62. The summed E-state index contributed by atoms with van der Waals surface area (Å²) in [7, 11) is 2.00. The molecule has 0 aromatic rings. The van der Waals surface area contributed by atoms with E-state index in [1.54, 1.807) is 0 Å². The first kappa shape index (κ1) is 10.9. The Morgan fingerprint density at radius 1 is 1.27 bits per heavy atom. The smallest absolute Gasteiger partial charge is 0.336 e. The van der Waals surface area contributed by atoms with Crippen molar-refractivity contribution in [3.05, 3.63) is 0 Å². The number of aliphatic carboxylic acids is 1. The first-order chi connectivity index (χ1) is 7.00. The van der Waals surface area contributed by atoms with Crippen LogP contribution in [0.1, 0.15) is 32.1 Å². The number of carboxylic acid groups (broad SMARTS) is 1. The summed E-state index contributed by atoms with van der Waals surface area (Å²) in [5, 5.41) is 19.6. The third kappa shape index (κ3) is 1.47. The van der Waals surface area contributed by atoms with E-state index >= 15 is 0 Å². The molecule has 2 rings (SSSR count). The van der Waals surface area contributed by atoms with Gasteiger partial charge in [0.15, 0.2) is 5.60 Å². The minimum atomic E-state index is -1.49. The van der Waals surface area contributed by atoms with Gasteiger partial charge in [-0.15, -0.1) is 0 Å². The molecule has 1 saturated heterocycles. The van der Waals surface area contributed by atoms with Gasteiger partial charge in [-0.1, -0.05) is 12.8 Å². The predicted octanol–water partition coefficient (Wildman–Crippen LogP) is 0.698. The monoisotopic (exact) mass is 213 g/mol. The molecule has 1 aliphatic heterocycles. The Morgan fingerprint density at radius 2 is 1.87 bits per heavy atom. The van der Waals surface area contributed by atoms with Crippen molar-refractivity contribution in [3.8, 4) is 0 Å². The van der Waals surface area contributed by atoms with Crippen molar-refractivity contribution in [2.24, 2.45) is 5.41 Å². The summed E-state index contributed by atoms with van der Waals surface area (Å²) >= 11 is 0. The van der Waals surface area contributed by atoms with Gasteiger partial charge in [0.1, 0.15) is 0 Å². The number of hydrogen-bond acceptors (Lipinski definition) is 3. The molecule has 1 heterocycles. The van der Waals surface area contributed by atoms with Gasteiger partial charge in [0.05, 0.1) is 0 Å². The summed E-state index contributed by atoms with van der Waals surface area (Å²) in [5.41, 5.74) is -1.89. The Kier molecular flexibility index (Phi) is 2.51. The van der Waals surface area contributed by atoms with Gasteiger partial charge >= 0.3 is 5.97 Å². The van der Waals surface area contributed by atoms with Crippen LogP contribution in [0.5, 0.6) is 0 Å². The summed E-state index contributed by atoms with van der Waals surface area (Å²) in [5.74, 6) is -1.03. The highest BCUT2D eigenvalue weighted by atomic mass is 16.4. The fourth-order valence-corrected chi connectivity index (χ4v) is 3.30. The molecule has 1 unspecified atom stereocenters. The van der Waals surface area contributed by atoms with Crippen LogP contribution in [0.2, 0.25) is 0 Å². The quantitative estimate of drug-likeness (QED) is 0.673. The molecular formula is C11H19NO3. The lowest BCUT2D eigenvalue weighted by atomic mass is 9.66. The fourth-order valence-electron chi connectivity index (χ4n) is 3.30. The molecular weight excluding hydrogens is 194 g/mol. The van der Waals surface area contributed by atoms with Crippen LogP contribution in [0.15, 0.2) is 0 Å². The number of aliphatic hydroxyl groups is 1. The van der Waals surface area contributed by atoms with Gasteiger partial charge in [-0.05, 0) is 19.9 Å². The van der Waals surface area contributed by atoms with Gasteiger partial charge in [0, 0.05) is 24.9 Å². The molecule has 0 aromatic carbocycles. The molecule has 4 nitrogen and oxygen atoms in total. The summed E-state index contributed by atoms with van der Waals surface area (Å²) in [4.78, 5) is 13.4. The highest BCUT2D eigenvalue weighted by molar-refractivity contribution is 5.78. The standard InChI is InChI=1S/C11H19NO3/c1-12-7-6-11(15,9(13)14)10(8-12)4-2-3-5-10/h15H,2-8H2,1H3,(H,13,14). The van der Waals surface area contributed by atoms with Crippen molar-refractivity contribution in [2.45, 2.75) is 37.7 Å². The van der Waals surface area contributed by atoms with Crippen molar-refractivity contribution in [1.82, 2.24) is 4.90 Å². The Labute approximate surface area is 89.9 Å². The van der Waals surface area contributed by atoms with Crippen LogP contribution < -0.4 is 0 Å². The van der Waals surface area contributed by atoms with E-state index < -0.39 is 17.0 Å². The third-order valence-corrected chi connectivity index (χ3v) is 4.22. The van der Waals surface area contributed by atoms with Crippen LogP contribution in [0, 0.1) is 5.41 Å². The van der Waals surface area contributed by atoms with Gasteiger partial charge in [0.2, 0.25) is 0 Å². The molecule has 1 atom stereocenters. The molecule has 0 aromatic heterocycles. The highest BCUT2D eigenvalue weighted by Gasteiger charge is 2.58. The van der Waals surface area contributed by atoms with Crippen molar-refractivity contribution in [3.63, 3.8) is 0 Å². The van der Waals surface area contributed by atoms with Crippen LogP contribution in [-0.2, 0) is 4.79 Å². The zero-order valence-electron chi connectivity index (χ0n) is 9.20. The zero-order chi connectivity index (χ0) is 11.1. The lowest BCUT2D eigenvalue weighted by Crippen LogP contribution is -2.62. The van der Waals surface area contributed by atoms with Gasteiger partial charge in [0.25, 0.3) is 0 Å². The SMILES string of the molecule is CN1CCC(O)(C(=O)O)C2(CCCC2)C1. The zero-order valence-corrected chi connectivity index (χ0v) is 9.20. The van der Waals surface area contributed by atoms with E-state index in [2.05, 4.69) is 4.90 Å². The largest absolute Gasteiger partial charge is 0.479 e. The lowest BCUT2D eigenvalue weighted by molar-refractivity contribution is -0.187. The second-order valence-electron chi connectivity index (χ2n) is 5.14. The van der Waals surface area contributed by atoms with Crippen LogP contribution in [-0.4, -0.2) is 46.8 Å². The van der Waals surface area contributed by atoms with E-state index in [0.29, 0.717) is 13.0 Å². The highest BCUT2D eigenvalue weighted by Crippen LogP contribution is 2.50. The number of nitrogens with zero attached hydrogens (tertiary/aromatic N) is 1. The van der Waals surface area contributed by atoms with Crippen molar-refractivity contribution in [1.29, 1.82) is 0 Å². The minimum Gasteiger partial charge on any atom is -0.479 e. The number of rotatable bonds is 1. The second-order valence-corrected chi connectivity index (χ2v) is 5.14. The van der Waals surface area contributed by atoms with Gasteiger partial charge in [-0.3, -0.25) is 0 Å². The minimum absolute atomic E-state index is 0.360. The molecule has 15 heavy (non-hydrogen) atoms. The van der Waals surface area contributed by atoms with E-state index in [1.807, 2.05) is 7.05 Å². The summed E-state index contributed by atoms with van der Waals surface area (Å²) < 4.78 is 0. The van der Waals surface area contributed by atoms with Gasteiger partial charge in [-0.2, -0.15) is 0 Å². The number of hydrogen-bond donors (Lipinski definition) is 2. The van der Waals surface area contributed by atoms with E-state index in [1.165, 1.54) is 0 Å². The fraction of sp³-hybridized carbons (Fsp3) is 0.909. The maximum atomic E-state index is 11.3. The molecule has 2 fully saturated rings. The molecule has 0 bridgehead atoms. The van der Waals surface area contributed by atoms with Crippen LogP contribution in [0.25, 0.3) is 0 Å². The van der Waals surface area contributed by atoms with E-state index in [9.17, 15) is 15.0 Å². The lowest BCUT2D eigenvalue weighted by Gasteiger charge is -2.48. The molecule has 1 spiro atoms. The summed E-state index contributed by atoms with van der Waals surface area (Å²) in [6.07, 6.45) is 4.14. The van der Waals surface area contributed by atoms with Crippen molar-refractivity contribution < 1.29 is 15.0 Å². The Bertz CT molecular complexity index is 273. The van der Waals surface area contributed by atoms with E-state index in [0.717, 1.165) is 32.2 Å². The van der Waals surface area contributed by atoms with Gasteiger partial charge in [-0.25, -0.2) is 4.79 Å². The number of carbonyl (C=O) groups is 1. The second kappa shape index (κ2) is 3.46. The maximum absolute atomic E-state index is 11.3. The normalized spacial score (nSPS) is 35.9. The van der Waals surface area contributed by atoms with E-state index in [-0.39, 0.29) is 0 Å². The van der Waals surface area contributed by atoms with Crippen LogP contribution in [0.3, 0.4) is 0 Å². The molecule has 2 aliphatic rings. The number of piperidine rings is 1. The topological polar surface area (TPSA) is 60.8 Å². The molecule has 1 aliphatic carbocycles. The predicted molar refractivity (Wildman–Crippen MR) is 55.6 cm³/mol. The van der Waals surface area contributed by atoms with Crippen LogP contribution in [0.4, 0.5) is 0 Å². The molecule has 1 saturated carbocycles. The Hall–Kier alpha value is -0.610. The summed E-state index contributed by atoms with van der Waals surface area (Å²) in [6.45, 7) is 1.39. The molecule has 86 valence electrons. The average molecular weight is 213 g/mol. The maximum Gasteiger partial charge on any atom is 0.336 e. The third-order valence-electron chi connectivity index (χ3n) is 4.22. The first-order valence-corrected chi connectivity index (χ1v) is 5.65. The molecule has 4 heteroatoms. The number of carboxylic acids is 1. The Balaban J connectivity index is 2.32. The Morgan fingerprint density at radius 3 is 2.40 bits per heavy atom. The van der Waals surface area contributed by atoms with Crippen LogP contribution >= 0.6 is 0 Å². The first-order valence-electron chi connectivity index (χ1n) is 5.65. The summed E-state index contributed by atoms with van der Waals surface area (Å²) in [6, 6.07) is 0.